The van der Waals surface area contributed by atoms with E-state index in [4.69, 9.17) is 10.3 Å². The Labute approximate surface area is 90.2 Å². The van der Waals surface area contributed by atoms with E-state index in [-0.39, 0.29) is 11.5 Å². The van der Waals surface area contributed by atoms with Gasteiger partial charge >= 0.3 is 0 Å². The number of nitrogens with zero attached hydrogens (tertiary/aromatic N) is 2. The summed E-state index contributed by atoms with van der Waals surface area (Å²) in [6.45, 7) is 6.32. The summed E-state index contributed by atoms with van der Waals surface area (Å²) in [7, 11) is 0. The maximum Gasteiger partial charge on any atom is 0.232 e. The minimum absolute atomic E-state index is 0.0323. The van der Waals surface area contributed by atoms with Gasteiger partial charge in [-0.25, -0.2) is 0 Å². The number of aromatic nitrogens is 2. The molecule has 0 radical (unpaired) electrons. The topological polar surface area (TPSA) is 64.9 Å². The molecule has 15 heavy (non-hydrogen) atoms. The second-order valence-electron chi connectivity index (χ2n) is 5.06. The van der Waals surface area contributed by atoms with Crippen LogP contribution in [-0.2, 0) is 5.41 Å². The highest BCUT2D eigenvalue weighted by molar-refractivity contribution is 5.05. The zero-order valence-corrected chi connectivity index (χ0v) is 9.66. The molecule has 1 aliphatic carbocycles. The maximum absolute atomic E-state index is 6.01. The van der Waals surface area contributed by atoms with Crippen LogP contribution in [0.4, 0.5) is 0 Å². The van der Waals surface area contributed by atoms with Crippen LogP contribution >= 0.6 is 0 Å². The standard InChI is InChI=1S/C11H19N3O/c1-4-11(2,3)10-13-9(14-15-10)8(12)7-5-6-7/h7-8H,4-6,12H2,1-3H3. The fraction of sp³-hybridized carbons (Fsp3) is 0.818. The molecule has 0 aliphatic heterocycles. The van der Waals surface area contributed by atoms with E-state index in [0.717, 1.165) is 6.42 Å². The van der Waals surface area contributed by atoms with E-state index < -0.39 is 0 Å². The largest absolute Gasteiger partial charge is 0.339 e. The van der Waals surface area contributed by atoms with Crippen molar-refractivity contribution in [2.24, 2.45) is 11.7 Å². The number of hydrogen-bond acceptors (Lipinski definition) is 4. The summed E-state index contributed by atoms with van der Waals surface area (Å²) in [6, 6.07) is -0.0323. The van der Waals surface area contributed by atoms with Gasteiger partial charge in [0.1, 0.15) is 0 Å². The molecule has 2 rings (SSSR count). The van der Waals surface area contributed by atoms with Crippen LogP contribution in [0.5, 0.6) is 0 Å². The first kappa shape index (κ1) is 10.6. The van der Waals surface area contributed by atoms with Gasteiger partial charge in [-0.3, -0.25) is 0 Å². The minimum Gasteiger partial charge on any atom is -0.339 e. The highest BCUT2D eigenvalue weighted by Gasteiger charge is 2.34. The molecule has 1 heterocycles. The lowest BCUT2D eigenvalue weighted by molar-refractivity contribution is 0.298. The normalized spacial score (nSPS) is 19.2. The molecule has 4 nitrogen and oxygen atoms in total. The van der Waals surface area contributed by atoms with E-state index in [1.165, 1.54) is 12.8 Å². The molecule has 1 unspecified atom stereocenters. The summed E-state index contributed by atoms with van der Waals surface area (Å²) < 4.78 is 5.28. The summed E-state index contributed by atoms with van der Waals surface area (Å²) in [5.74, 6) is 1.95. The van der Waals surface area contributed by atoms with Gasteiger partial charge in [0.25, 0.3) is 0 Å². The highest BCUT2D eigenvalue weighted by atomic mass is 16.5. The summed E-state index contributed by atoms with van der Waals surface area (Å²) in [4.78, 5) is 4.41. The third kappa shape index (κ3) is 2.04. The van der Waals surface area contributed by atoms with Gasteiger partial charge in [-0.15, -0.1) is 0 Å². The molecule has 0 saturated heterocycles. The van der Waals surface area contributed by atoms with Gasteiger partial charge in [0.2, 0.25) is 5.89 Å². The first-order valence-corrected chi connectivity index (χ1v) is 5.64. The van der Waals surface area contributed by atoms with Crippen LogP contribution in [0.3, 0.4) is 0 Å². The Balaban J connectivity index is 2.16. The first-order valence-electron chi connectivity index (χ1n) is 5.64. The molecule has 0 spiro atoms. The van der Waals surface area contributed by atoms with Crippen molar-refractivity contribution in [2.45, 2.75) is 51.5 Å². The van der Waals surface area contributed by atoms with Crippen molar-refractivity contribution in [3.8, 4) is 0 Å². The summed E-state index contributed by atoms with van der Waals surface area (Å²) in [6.07, 6.45) is 3.37. The van der Waals surface area contributed by atoms with Crippen molar-refractivity contribution in [1.29, 1.82) is 0 Å². The average molecular weight is 209 g/mol. The third-order valence-corrected chi connectivity index (χ3v) is 3.33. The number of rotatable bonds is 4. The van der Waals surface area contributed by atoms with Crippen LogP contribution < -0.4 is 5.73 Å². The predicted octanol–water partition coefficient (Wildman–Crippen LogP) is 2.17. The lowest BCUT2D eigenvalue weighted by Crippen LogP contribution is -2.18. The maximum atomic E-state index is 6.01. The molecule has 1 fully saturated rings. The summed E-state index contributed by atoms with van der Waals surface area (Å²) >= 11 is 0. The molecule has 1 atom stereocenters. The molecule has 84 valence electrons. The van der Waals surface area contributed by atoms with Crippen molar-refractivity contribution in [3.63, 3.8) is 0 Å². The van der Waals surface area contributed by atoms with Gasteiger partial charge in [-0.1, -0.05) is 25.9 Å². The molecule has 2 N–H and O–H groups in total. The summed E-state index contributed by atoms with van der Waals surface area (Å²) in [5, 5.41) is 3.98. The van der Waals surface area contributed by atoms with Crippen LogP contribution in [0.25, 0.3) is 0 Å². The highest BCUT2D eigenvalue weighted by Crippen LogP contribution is 2.39. The van der Waals surface area contributed by atoms with E-state index in [9.17, 15) is 0 Å². The molecule has 0 aromatic carbocycles. The lowest BCUT2D eigenvalue weighted by atomic mass is 9.90. The molecule has 0 bridgehead atoms. The van der Waals surface area contributed by atoms with Crippen LogP contribution in [0.15, 0.2) is 4.52 Å². The van der Waals surface area contributed by atoms with Crippen molar-refractivity contribution in [1.82, 2.24) is 10.1 Å². The number of hydrogen-bond donors (Lipinski definition) is 1. The van der Waals surface area contributed by atoms with Gasteiger partial charge < -0.3 is 10.3 Å². The van der Waals surface area contributed by atoms with Crippen LogP contribution in [0, 0.1) is 5.92 Å². The van der Waals surface area contributed by atoms with Gasteiger partial charge in [0.15, 0.2) is 5.82 Å². The summed E-state index contributed by atoms with van der Waals surface area (Å²) in [5.41, 5.74) is 5.97. The number of nitrogens with two attached hydrogens (primary N) is 1. The zero-order chi connectivity index (χ0) is 11.1. The van der Waals surface area contributed by atoms with E-state index in [0.29, 0.717) is 17.6 Å². The predicted molar refractivity (Wildman–Crippen MR) is 57.3 cm³/mol. The minimum atomic E-state index is -0.0471. The van der Waals surface area contributed by atoms with Gasteiger partial charge in [0.05, 0.1) is 6.04 Å². The second-order valence-corrected chi connectivity index (χ2v) is 5.06. The van der Waals surface area contributed by atoms with Gasteiger partial charge in [-0.05, 0) is 25.2 Å². The average Bonchev–Trinajstić information content (AvgIpc) is 2.93. The van der Waals surface area contributed by atoms with Crippen LogP contribution in [-0.4, -0.2) is 10.1 Å². The van der Waals surface area contributed by atoms with E-state index in [1.54, 1.807) is 0 Å². The fourth-order valence-electron chi connectivity index (χ4n) is 1.46. The Hall–Kier alpha value is -0.900. The second kappa shape index (κ2) is 3.59. The molecular formula is C11H19N3O. The molecular weight excluding hydrogens is 190 g/mol. The molecule has 1 aromatic heterocycles. The van der Waals surface area contributed by atoms with Gasteiger partial charge in [-0.2, -0.15) is 4.98 Å². The molecule has 1 aliphatic rings. The SMILES string of the molecule is CCC(C)(C)c1nc(C(N)C2CC2)no1. The van der Waals surface area contributed by atoms with Crippen molar-refractivity contribution in [3.05, 3.63) is 11.7 Å². The Morgan fingerprint density at radius 2 is 2.20 bits per heavy atom. The zero-order valence-electron chi connectivity index (χ0n) is 9.66. The monoisotopic (exact) mass is 209 g/mol. The fourth-order valence-corrected chi connectivity index (χ4v) is 1.46. The van der Waals surface area contributed by atoms with Gasteiger partial charge in [0, 0.05) is 5.41 Å². The lowest BCUT2D eigenvalue weighted by Gasteiger charge is -2.16. The molecule has 4 heteroatoms. The molecule has 1 saturated carbocycles. The Morgan fingerprint density at radius 3 is 2.73 bits per heavy atom. The van der Waals surface area contributed by atoms with Crippen LogP contribution in [0.1, 0.15) is 57.8 Å². The quantitative estimate of drug-likeness (QED) is 0.825. The van der Waals surface area contributed by atoms with E-state index in [2.05, 4.69) is 30.9 Å². The Bertz CT molecular complexity index is 341. The third-order valence-electron chi connectivity index (χ3n) is 3.33. The Morgan fingerprint density at radius 1 is 1.53 bits per heavy atom. The van der Waals surface area contributed by atoms with Crippen molar-refractivity contribution < 1.29 is 4.52 Å². The van der Waals surface area contributed by atoms with E-state index >= 15 is 0 Å². The Kier molecular flexibility index (Phi) is 2.54. The van der Waals surface area contributed by atoms with Crippen molar-refractivity contribution >= 4 is 0 Å². The van der Waals surface area contributed by atoms with E-state index in [1.807, 2.05) is 0 Å². The van der Waals surface area contributed by atoms with Crippen LogP contribution in [0.2, 0.25) is 0 Å². The molecule has 0 amide bonds. The van der Waals surface area contributed by atoms with Crippen molar-refractivity contribution in [2.75, 3.05) is 0 Å². The molecule has 1 aromatic rings. The first-order chi connectivity index (χ1) is 7.04. The smallest absolute Gasteiger partial charge is 0.232 e.